The van der Waals surface area contributed by atoms with Crippen molar-refractivity contribution in [2.75, 3.05) is 26.7 Å². The van der Waals surface area contributed by atoms with Gasteiger partial charge in [0.05, 0.1) is 24.5 Å². The van der Waals surface area contributed by atoms with Gasteiger partial charge in [-0.15, -0.1) is 0 Å². The maximum Gasteiger partial charge on any atom is 0.315 e. The van der Waals surface area contributed by atoms with Crippen molar-refractivity contribution in [3.8, 4) is 5.75 Å². The maximum absolute atomic E-state index is 13.7. The molecule has 1 aromatic heterocycles. The molecule has 0 spiro atoms. The highest BCUT2D eigenvalue weighted by atomic mass is 16.5. The Balaban J connectivity index is 1.33. The Morgan fingerprint density at radius 2 is 1.83 bits per heavy atom. The van der Waals surface area contributed by atoms with Gasteiger partial charge in [0.25, 0.3) is 0 Å². The number of aromatic nitrogens is 2. The number of piperidine rings is 1. The predicted molar refractivity (Wildman–Crippen MR) is 156 cm³/mol. The Bertz CT molecular complexity index is 1110. The summed E-state index contributed by atoms with van der Waals surface area (Å²) in [7, 11) is 1.60. The van der Waals surface area contributed by atoms with E-state index in [0.717, 1.165) is 68.4 Å². The average Bonchev–Trinajstić information content (AvgIpc) is 3.52. The number of benzene rings is 1. The van der Waals surface area contributed by atoms with Crippen LogP contribution < -0.4 is 15.4 Å². The minimum atomic E-state index is -0.759. The lowest BCUT2D eigenvalue weighted by Gasteiger charge is -2.45. The lowest BCUT2D eigenvalue weighted by Crippen LogP contribution is -2.56. The number of nitrogens with zero attached hydrogens (tertiary/aromatic N) is 2. The monoisotopic (exact) mass is 567 g/mol. The van der Waals surface area contributed by atoms with Crippen LogP contribution in [0.2, 0.25) is 0 Å². The number of aromatic amines is 1. The van der Waals surface area contributed by atoms with Gasteiger partial charge in [-0.1, -0.05) is 37.8 Å². The van der Waals surface area contributed by atoms with Crippen molar-refractivity contribution < 1.29 is 24.2 Å². The van der Waals surface area contributed by atoms with Crippen molar-refractivity contribution in [3.05, 3.63) is 48.0 Å². The van der Waals surface area contributed by atoms with Crippen LogP contribution in [-0.2, 0) is 22.4 Å². The van der Waals surface area contributed by atoms with E-state index in [4.69, 9.17) is 4.74 Å². The molecule has 1 aliphatic heterocycles. The van der Waals surface area contributed by atoms with E-state index in [1.165, 1.54) is 6.42 Å². The van der Waals surface area contributed by atoms with E-state index in [0.29, 0.717) is 38.9 Å². The number of carbonyl (C=O) groups excluding carboxylic acids is 2. The molecule has 1 aromatic carbocycles. The molecule has 3 amide bonds. The molecule has 2 aliphatic rings. The number of nitrogens with one attached hydrogen (secondary N) is 3. The highest BCUT2D eigenvalue weighted by Gasteiger charge is 2.48. The molecule has 10 nitrogen and oxygen atoms in total. The third-order valence-electron chi connectivity index (χ3n) is 8.93. The number of carboxylic acids is 1. The van der Waals surface area contributed by atoms with Gasteiger partial charge < -0.3 is 30.4 Å². The fourth-order valence-electron chi connectivity index (χ4n) is 6.44. The molecule has 1 saturated carbocycles. The van der Waals surface area contributed by atoms with Gasteiger partial charge in [0, 0.05) is 32.3 Å². The molecule has 1 atom stereocenters. The van der Waals surface area contributed by atoms with Gasteiger partial charge in [-0.2, -0.15) is 0 Å². The summed E-state index contributed by atoms with van der Waals surface area (Å²) in [5.74, 6) is -0.00611. The summed E-state index contributed by atoms with van der Waals surface area (Å²) < 4.78 is 5.26. The van der Waals surface area contributed by atoms with Crippen molar-refractivity contribution >= 4 is 17.9 Å². The number of carboxylic acid groups (broad SMARTS) is 1. The van der Waals surface area contributed by atoms with Crippen molar-refractivity contribution in [1.82, 2.24) is 25.5 Å². The number of H-pyrrole nitrogens is 1. The first-order chi connectivity index (χ1) is 19.9. The number of aliphatic carboxylic acids is 1. The van der Waals surface area contributed by atoms with Gasteiger partial charge in [-0.05, 0) is 68.6 Å². The molecule has 2 fully saturated rings. The zero-order chi connectivity index (χ0) is 29.1. The number of carbonyl (C=O) groups is 3. The molecule has 224 valence electrons. The number of ether oxygens (including phenoxy) is 1. The van der Waals surface area contributed by atoms with Gasteiger partial charge in [-0.25, -0.2) is 9.78 Å². The third-order valence-corrected chi connectivity index (χ3v) is 8.93. The molecule has 4 N–H and O–H groups in total. The largest absolute Gasteiger partial charge is 0.497 e. The minimum Gasteiger partial charge on any atom is -0.497 e. The van der Waals surface area contributed by atoms with Crippen LogP contribution in [0.5, 0.6) is 5.75 Å². The molecule has 0 bridgehead atoms. The van der Waals surface area contributed by atoms with E-state index in [9.17, 15) is 19.5 Å². The molecule has 1 aliphatic carbocycles. The van der Waals surface area contributed by atoms with Crippen LogP contribution in [0.3, 0.4) is 0 Å². The summed E-state index contributed by atoms with van der Waals surface area (Å²) in [4.78, 5) is 48.0. The van der Waals surface area contributed by atoms with Crippen molar-refractivity contribution in [2.24, 2.45) is 11.3 Å². The molecule has 41 heavy (non-hydrogen) atoms. The fourth-order valence-corrected chi connectivity index (χ4v) is 6.44. The minimum absolute atomic E-state index is 0.169. The van der Waals surface area contributed by atoms with Crippen LogP contribution in [0.15, 0.2) is 36.8 Å². The summed E-state index contributed by atoms with van der Waals surface area (Å²) in [6, 6.07) is 6.34. The lowest BCUT2D eigenvalue weighted by atomic mass is 9.64. The van der Waals surface area contributed by atoms with E-state index in [-0.39, 0.29) is 17.9 Å². The van der Waals surface area contributed by atoms with Gasteiger partial charge in [-0.3, -0.25) is 9.59 Å². The van der Waals surface area contributed by atoms with Gasteiger partial charge >= 0.3 is 12.0 Å². The highest BCUT2D eigenvalue weighted by Crippen LogP contribution is 2.46. The van der Waals surface area contributed by atoms with Crippen LogP contribution in [0, 0.1) is 11.3 Å². The summed E-state index contributed by atoms with van der Waals surface area (Å²) in [5.41, 5.74) is 1.18. The highest BCUT2D eigenvalue weighted by molar-refractivity contribution is 5.87. The van der Waals surface area contributed by atoms with Gasteiger partial charge in [0.2, 0.25) is 5.91 Å². The van der Waals surface area contributed by atoms with E-state index >= 15 is 0 Å². The molecule has 1 unspecified atom stereocenters. The number of urea groups is 1. The Morgan fingerprint density at radius 1 is 1.10 bits per heavy atom. The molecular weight excluding hydrogens is 522 g/mol. The first-order valence-corrected chi connectivity index (χ1v) is 15.1. The molecule has 1 saturated heterocycles. The molecular formula is C31H45N5O5. The normalized spacial score (nSPS) is 17.9. The second kappa shape index (κ2) is 14.9. The van der Waals surface area contributed by atoms with Crippen molar-refractivity contribution in [3.63, 3.8) is 0 Å². The van der Waals surface area contributed by atoms with Crippen LogP contribution in [0.25, 0.3) is 0 Å². The number of rotatable bonds is 13. The maximum atomic E-state index is 13.7. The first-order valence-electron chi connectivity index (χ1n) is 15.1. The number of hydrogen-bond acceptors (Lipinski definition) is 5. The summed E-state index contributed by atoms with van der Waals surface area (Å²) in [6.07, 6.45) is 13.7. The number of imidazole rings is 1. The Kier molecular flexibility index (Phi) is 11.0. The number of hydrogen-bond donors (Lipinski definition) is 4. The van der Waals surface area contributed by atoms with E-state index in [1.54, 1.807) is 18.3 Å². The second-order valence-electron chi connectivity index (χ2n) is 11.5. The smallest absolute Gasteiger partial charge is 0.315 e. The molecule has 0 radical (unpaired) electrons. The van der Waals surface area contributed by atoms with Crippen LogP contribution >= 0.6 is 0 Å². The molecule has 2 heterocycles. The topological polar surface area (TPSA) is 137 Å². The number of methoxy groups -OCH3 is 1. The Hall–Kier alpha value is -3.56. The lowest BCUT2D eigenvalue weighted by molar-refractivity contribution is -0.160. The summed E-state index contributed by atoms with van der Waals surface area (Å²) in [5, 5.41) is 16.0. The molecule has 10 heteroatoms. The molecule has 4 rings (SSSR count). The van der Waals surface area contributed by atoms with Crippen molar-refractivity contribution in [1.29, 1.82) is 0 Å². The zero-order valence-corrected chi connectivity index (χ0v) is 24.2. The first kappa shape index (κ1) is 30.4. The fraction of sp³-hybridized carbons (Fsp3) is 0.613. The molecule has 2 aromatic rings. The second-order valence-corrected chi connectivity index (χ2v) is 11.5. The zero-order valence-electron chi connectivity index (χ0n) is 24.2. The van der Waals surface area contributed by atoms with Crippen molar-refractivity contribution in [2.45, 2.75) is 83.1 Å². The summed E-state index contributed by atoms with van der Waals surface area (Å²) in [6.45, 7) is 1.29. The number of amides is 3. The van der Waals surface area contributed by atoms with E-state index in [1.807, 2.05) is 30.5 Å². The van der Waals surface area contributed by atoms with Crippen LogP contribution in [0.4, 0.5) is 4.79 Å². The van der Waals surface area contributed by atoms with Gasteiger partial charge in [0.15, 0.2) is 0 Å². The van der Waals surface area contributed by atoms with E-state index < -0.39 is 17.4 Å². The quantitative estimate of drug-likeness (QED) is 0.266. The standard InChI is InChI=1S/C31H45N5O5/c1-41-26-13-11-23(12-14-26)20-27(35-30(40)33-17-7-3-6-10-25-21-32-22-34-25)28(37)36-18-15-31(16-19-36,29(38)39)24-8-4-2-5-9-24/h11-14,21-22,24,27H,2-10,15-20H2,1H3,(H,32,34)(H,38,39)(H2,33,35,40). The summed E-state index contributed by atoms with van der Waals surface area (Å²) >= 11 is 0. The van der Waals surface area contributed by atoms with Crippen LogP contribution in [-0.4, -0.2) is 70.7 Å². The average molecular weight is 568 g/mol. The Labute approximate surface area is 242 Å². The SMILES string of the molecule is COc1ccc(CC(NC(=O)NCCCCCc2c[nH]cn2)C(=O)N2CCC(C(=O)O)(C3CCCCC3)CC2)cc1. The number of aryl methyl sites for hydroxylation is 1. The third kappa shape index (κ3) is 8.24. The van der Waals surface area contributed by atoms with Crippen LogP contribution in [0.1, 0.15) is 75.5 Å². The number of likely N-dealkylation sites (tertiary alicyclic amines) is 1. The predicted octanol–water partition coefficient (Wildman–Crippen LogP) is 4.32. The van der Waals surface area contributed by atoms with E-state index in [2.05, 4.69) is 20.6 Å². The van der Waals surface area contributed by atoms with Gasteiger partial charge in [0.1, 0.15) is 11.8 Å². The Morgan fingerprint density at radius 3 is 2.46 bits per heavy atom. The number of unbranched alkanes of at least 4 members (excludes halogenated alkanes) is 2.